The van der Waals surface area contributed by atoms with Gasteiger partial charge in [-0.15, -0.1) is 0 Å². The summed E-state index contributed by atoms with van der Waals surface area (Å²) in [6.07, 6.45) is 5.59. The van der Waals surface area contributed by atoms with Gasteiger partial charge in [-0.2, -0.15) is 0 Å². The number of nitrogens with zero attached hydrogens (tertiary/aromatic N) is 4. The maximum Gasteiger partial charge on any atom is 0.321 e. The molecule has 1 atom stereocenters. The lowest BCUT2D eigenvalue weighted by atomic mass is 9.93. The van der Waals surface area contributed by atoms with Crippen LogP contribution in [0.25, 0.3) is 0 Å². The summed E-state index contributed by atoms with van der Waals surface area (Å²) >= 11 is 0. The fourth-order valence-corrected chi connectivity index (χ4v) is 4.49. The average Bonchev–Trinajstić information content (AvgIpc) is 2.80. The fraction of sp³-hybridized carbons (Fsp3) is 0.682. The second-order valence-electron chi connectivity index (χ2n) is 8.73. The highest BCUT2D eigenvalue weighted by atomic mass is 16.5. The Morgan fingerprint density at radius 3 is 2.50 bits per heavy atom. The summed E-state index contributed by atoms with van der Waals surface area (Å²) < 4.78 is 5.37. The molecule has 3 amide bonds. The largest absolute Gasteiger partial charge is 0.378 e. The van der Waals surface area contributed by atoms with Gasteiger partial charge in [-0.1, -0.05) is 6.92 Å². The van der Waals surface area contributed by atoms with E-state index in [0.717, 1.165) is 57.7 Å². The predicted molar refractivity (Wildman–Crippen MR) is 116 cm³/mol. The summed E-state index contributed by atoms with van der Waals surface area (Å²) in [4.78, 5) is 36.1. The van der Waals surface area contributed by atoms with E-state index in [2.05, 4.69) is 22.1 Å². The average molecular weight is 416 g/mol. The van der Waals surface area contributed by atoms with Crippen LogP contribution in [0.2, 0.25) is 0 Å². The quantitative estimate of drug-likeness (QED) is 0.820. The number of hydrogen-bond acceptors (Lipinski definition) is 5. The minimum absolute atomic E-state index is 0.0836. The summed E-state index contributed by atoms with van der Waals surface area (Å²) in [5, 5.41) is 2.94. The summed E-state index contributed by atoms with van der Waals surface area (Å²) in [6, 6.07) is 3.67. The third-order valence-corrected chi connectivity index (χ3v) is 6.49. The molecule has 8 nitrogen and oxygen atoms in total. The van der Waals surface area contributed by atoms with Gasteiger partial charge in [0.05, 0.1) is 31.0 Å². The number of ether oxygens (including phenoxy) is 1. The Morgan fingerprint density at radius 1 is 1.03 bits per heavy atom. The summed E-state index contributed by atoms with van der Waals surface area (Å²) in [6.45, 7) is 8.22. The lowest BCUT2D eigenvalue weighted by Gasteiger charge is -2.37. The van der Waals surface area contributed by atoms with Gasteiger partial charge in [0.25, 0.3) is 0 Å². The molecule has 4 heterocycles. The molecule has 0 radical (unpaired) electrons. The van der Waals surface area contributed by atoms with Gasteiger partial charge >= 0.3 is 6.03 Å². The van der Waals surface area contributed by atoms with Gasteiger partial charge in [0, 0.05) is 39.3 Å². The molecule has 0 spiro atoms. The highest BCUT2D eigenvalue weighted by Crippen LogP contribution is 2.24. The van der Waals surface area contributed by atoms with Crippen LogP contribution in [-0.2, 0) is 9.53 Å². The molecule has 3 fully saturated rings. The zero-order valence-electron chi connectivity index (χ0n) is 17.9. The van der Waals surface area contributed by atoms with Crippen molar-refractivity contribution in [1.82, 2.24) is 14.8 Å². The lowest BCUT2D eigenvalue weighted by molar-refractivity contribution is -0.138. The van der Waals surface area contributed by atoms with Crippen molar-refractivity contribution in [3.63, 3.8) is 0 Å². The third-order valence-electron chi connectivity index (χ3n) is 6.49. The maximum atomic E-state index is 12.9. The minimum atomic E-state index is -0.152. The van der Waals surface area contributed by atoms with Gasteiger partial charge in [-0.25, -0.2) is 9.78 Å². The number of rotatable bonds is 3. The van der Waals surface area contributed by atoms with Crippen LogP contribution < -0.4 is 10.2 Å². The van der Waals surface area contributed by atoms with Crippen molar-refractivity contribution in [2.45, 2.75) is 32.6 Å². The standard InChI is InChI=1S/C22H33N5O3/c1-17-6-9-26(10-7-17)21(28)18-3-2-8-27(16-18)22(29)24-19-4-5-20(23-15-19)25-11-13-30-14-12-25/h4-5,15,17-18H,2-3,6-14,16H2,1H3,(H,24,29). The number of carbonyl (C=O) groups is 2. The molecule has 0 saturated carbocycles. The Morgan fingerprint density at radius 2 is 1.80 bits per heavy atom. The molecule has 0 bridgehead atoms. The van der Waals surface area contributed by atoms with Crippen molar-refractivity contribution in [1.29, 1.82) is 0 Å². The van der Waals surface area contributed by atoms with Crippen LogP contribution in [-0.4, -0.2) is 79.2 Å². The molecular formula is C22H33N5O3. The van der Waals surface area contributed by atoms with E-state index in [1.54, 1.807) is 11.1 Å². The second kappa shape index (κ2) is 9.64. The van der Waals surface area contributed by atoms with Crippen molar-refractivity contribution >= 4 is 23.4 Å². The van der Waals surface area contributed by atoms with E-state index >= 15 is 0 Å². The van der Waals surface area contributed by atoms with Crippen molar-refractivity contribution in [3.8, 4) is 0 Å². The molecule has 3 aliphatic rings. The van der Waals surface area contributed by atoms with Crippen LogP contribution in [0.3, 0.4) is 0 Å². The number of carbonyl (C=O) groups excluding carboxylic acids is 2. The van der Waals surface area contributed by atoms with E-state index in [-0.39, 0.29) is 17.9 Å². The van der Waals surface area contributed by atoms with Gasteiger partial charge in [0.1, 0.15) is 5.82 Å². The number of pyridine rings is 1. The SMILES string of the molecule is CC1CCN(C(=O)C2CCCN(C(=O)Nc3ccc(N4CCOCC4)nc3)C2)CC1. The number of aromatic nitrogens is 1. The van der Waals surface area contributed by atoms with E-state index in [9.17, 15) is 9.59 Å². The molecule has 30 heavy (non-hydrogen) atoms. The first kappa shape index (κ1) is 20.9. The van der Waals surface area contributed by atoms with Crippen molar-refractivity contribution in [2.75, 3.05) is 62.7 Å². The van der Waals surface area contributed by atoms with Crippen LogP contribution in [0.4, 0.5) is 16.3 Å². The van der Waals surface area contributed by atoms with E-state index in [4.69, 9.17) is 4.74 Å². The first-order valence-electron chi connectivity index (χ1n) is 11.2. The van der Waals surface area contributed by atoms with E-state index < -0.39 is 0 Å². The molecule has 1 N–H and O–H groups in total. The van der Waals surface area contributed by atoms with Crippen molar-refractivity contribution in [3.05, 3.63) is 18.3 Å². The normalized spacial score (nSPS) is 23.4. The van der Waals surface area contributed by atoms with Gasteiger partial charge in [-0.3, -0.25) is 4.79 Å². The molecular weight excluding hydrogens is 382 g/mol. The summed E-state index contributed by atoms with van der Waals surface area (Å²) in [7, 11) is 0. The van der Waals surface area contributed by atoms with Crippen molar-refractivity contribution in [2.24, 2.45) is 11.8 Å². The number of likely N-dealkylation sites (tertiary alicyclic amines) is 2. The minimum Gasteiger partial charge on any atom is -0.378 e. The number of nitrogens with one attached hydrogen (secondary N) is 1. The van der Waals surface area contributed by atoms with E-state index in [1.165, 1.54) is 0 Å². The third kappa shape index (κ3) is 5.03. The topological polar surface area (TPSA) is 78.0 Å². The zero-order chi connectivity index (χ0) is 20.9. The zero-order valence-corrected chi connectivity index (χ0v) is 17.9. The second-order valence-corrected chi connectivity index (χ2v) is 8.73. The highest BCUT2D eigenvalue weighted by Gasteiger charge is 2.32. The van der Waals surface area contributed by atoms with Gasteiger partial charge in [-0.05, 0) is 43.7 Å². The molecule has 0 aromatic carbocycles. The molecule has 3 saturated heterocycles. The van der Waals surface area contributed by atoms with Crippen LogP contribution in [0.1, 0.15) is 32.6 Å². The van der Waals surface area contributed by atoms with Crippen LogP contribution in [0.15, 0.2) is 18.3 Å². The molecule has 8 heteroatoms. The Balaban J connectivity index is 1.30. The van der Waals surface area contributed by atoms with E-state index in [0.29, 0.717) is 37.9 Å². The van der Waals surface area contributed by atoms with Crippen molar-refractivity contribution < 1.29 is 14.3 Å². The lowest BCUT2D eigenvalue weighted by Crippen LogP contribution is -2.49. The smallest absolute Gasteiger partial charge is 0.321 e. The van der Waals surface area contributed by atoms with E-state index in [1.807, 2.05) is 17.0 Å². The fourth-order valence-electron chi connectivity index (χ4n) is 4.49. The molecule has 3 aliphatic heterocycles. The summed E-state index contributed by atoms with van der Waals surface area (Å²) in [5.74, 6) is 1.73. The number of anilines is 2. The van der Waals surface area contributed by atoms with Crippen LogP contribution in [0, 0.1) is 11.8 Å². The molecule has 1 aromatic heterocycles. The van der Waals surface area contributed by atoms with Gasteiger partial charge in [0.15, 0.2) is 0 Å². The molecule has 1 unspecified atom stereocenters. The number of hydrogen-bond donors (Lipinski definition) is 1. The number of amides is 3. The van der Waals surface area contributed by atoms with Gasteiger partial charge in [0.2, 0.25) is 5.91 Å². The van der Waals surface area contributed by atoms with Crippen LogP contribution >= 0.6 is 0 Å². The Bertz CT molecular complexity index is 727. The van der Waals surface area contributed by atoms with Crippen LogP contribution in [0.5, 0.6) is 0 Å². The van der Waals surface area contributed by atoms with Gasteiger partial charge < -0.3 is 24.8 Å². The first-order valence-corrected chi connectivity index (χ1v) is 11.2. The number of piperidine rings is 2. The predicted octanol–water partition coefficient (Wildman–Crippen LogP) is 2.42. The molecule has 4 rings (SSSR count). The maximum absolute atomic E-state index is 12.9. The number of urea groups is 1. The Kier molecular flexibility index (Phi) is 6.72. The summed E-state index contributed by atoms with van der Waals surface area (Å²) in [5.41, 5.74) is 0.676. The first-order chi connectivity index (χ1) is 14.6. The Labute approximate surface area is 178 Å². The molecule has 1 aromatic rings. The number of morpholine rings is 1. The molecule has 0 aliphatic carbocycles. The monoisotopic (exact) mass is 415 g/mol. The Hall–Kier alpha value is -2.35. The molecule has 164 valence electrons. The highest BCUT2D eigenvalue weighted by molar-refractivity contribution is 5.90.